The van der Waals surface area contributed by atoms with Crippen LogP contribution in [0.5, 0.6) is 0 Å². The second-order valence-electron chi connectivity index (χ2n) is 7.74. The van der Waals surface area contributed by atoms with E-state index in [2.05, 4.69) is 36.2 Å². The lowest BCUT2D eigenvalue weighted by atomic mass is 9.95. The number of hydrogen-bond acceptors (Lipinski definition) is 2. The van der Waals surface area contributed by atoms with Crippen molar-refractivity contribution in [2.75, 3.05) is 13.1 Å². The van der Waals surface area contributed by atoms with Gasteiger partial charge in [0.05, 0.1) is 4.90 Å². The van der Waals surface area contributed by atoms with Crippen LogP contribution in [0.3, 0.4) is 0 Å². The Kier molecular flexibility index (Phi) is 4.60. The highest BCUT2D eigenvalue weighted by Gasteiger charge is 2.30. The highest BCUT2D eigenvalue weighted by Crippen LogP contribution is 2.32. The Balaban J connectivity index is 1.51. The van der Waals surface area contributed by atoms with Crippen LogP contribution in [0.4, 0.5) is 0 Å². The molecule has 0 aliphatic carbocycles. The number of aromatic amines is 1. The van der Waals surface area contributed by atoms with Gasteiger partial charge in [0.25, 0.3) is 0 Å². The molecule has 0 amide bonds. The summed E-state index contributed by atoms with van der Waals surface area (Å²) in [6, 6.07) is 14.0. The van der Waals surface area contributed by atoms with Crippen LogP contribution in [-0.4, -0.2) is 30.8 Å². The molecule has 0 bridgehead atoms. The van der Waals surface area contributed by atoms with E-state index >= 15 is 0 Å². The van der Waals surface area contributed by atoms with Crippen molar-refractivity contribution in [2.24, 2.45) is 0 Å². The molecule has 0 unspecified atom stereocenters. The first-order valence-electron chi connectivity index (χ1n) is 9.51. The van der Waals surface area contributed by atoms with Gasteiger partial charge in [-0.2, -0.15) is 4.31 Å². The van der Waals surface area contributed by atoms with Crippen molar-refractivity contribution in [1.29, 1.82) is 0 Å². The average molecular weight is 383 g/mol. The molecule has 0 atom stereocenters. The van der Waals surface area contributed by atoms with Gasteiger partial charge in [0.15, 0.2) is 0 Å². The molecule has 142 valence electrons. The number of sulfonamides is 1. The second-order valence-corrected chi connectivity index (χ2v) is 9.68. The van der Waals surface area contributed by atoms with Crippen LogP contribution in [0.1, 0.15) is 41.1 Å². The minimum atomic E-state index is -3.41. The van der Waals surface area contributed by atoms with E-state index in [0.29, 0.717) is 23.9 Å². The summed E-state index contributed by atoms with van der Waals surface area (Å²) in [6.45, 7) is 7.18. The molecule has 27 heavy (non-hydrogen) atoms. The van der Waals surface area contributed by atoms with Crippen LogP contribution in [0.15, 0.2) is 47.4 Å². The zero-order valence-electron chi connectivity index (χ0n) is 16.1. The van der Waals surface area contributed by atoms with Crippen LogP contribution in [0, 0.1) is 20.8 Å². The van der Waals surface area contributed by atoms with E-state index in [9.17, 15) is 8.42 Å². The number of fused-ring (bicyclic) bond motifs is 1. The number of H-pyrrole nitrogens is 1. The number of nitrogens with one attached hydrogen (secondary N) is 1. The molecule has 2 aromatic carbocycles. The molecule has 3 aromatic rings. The Morgan fingerprint density at radius 1 is 0.926 bits per heavy atom. The van der Waals surface area contributed by atoms with Gasteiger partial charge in [-0.15, -0.1) is 0 Å². The zero-order chi connectivity index (χ0) is 19.2. The number of benzene rings is 2. The molecule has 1 aliphatic heterocycles. The van der Waals surface area contributed by atoms with Gasteiger partial charge in [-0.25, -0.2) is 8.42 Å². The molecule has 2 heterocycles. The molecular formula is C22H26N2O2S. The van der Waals surface area contributed by atoms with E-state index in [1.165, 1.54) is 16.6 Å². The molecule has 1 aliphatic rings. The summed E-state index contributed by atoms with van der Waals surface area (Å²) in [6.07, 6.45) is 1.69. The Morgan fingerprint density at radius 2 is 1.67 bits per heavy atom. The number of piperidine rings is 1. The smallest absolute Gasteiger partial charge is 0.243 e. The van der Waals surface area contributed by atoms with Gasteiger partial charge in [-0.05, 0) is 80.5 Å². The fourth-order valence-corrected chi connectivity index (χ4v) is 5.48. The van der Waals surface area contributed by atoms with Crippen molar-refractivity contribution >= 4 is 20.9 Å². The third-order valence-electron chi connectivity index (χ3n) is 5.81. The Labute approximate surface area is 161 Å². The molecule has 4 rings (SSSR count). The van der Waals surface area contributed by atoms with Gasteiger partial charge in [0.1, 0.15) is 0 Å². The molecular weight excluding hydrogens is 356 g/mol. The van der Waals surface area contributed by atoms with Crippen LogP contribution < -0.4 is 0 Å². The summed E-state index contributed by atoms with van der Waals surface area (Å²) < 4.78 is 27.6. The van der Waals surface area contributed by atoms with E-state index in [1.54, 1.807) is 16.4 Å². The van der Waals surface area contributed by atoms with Gasteiger partial charge in [0, 0.05) is 30.2 Å². The van der Waals surface area contributed by atoms with Crippen molar-refractivity contribution < 1.29 is 8.42 Å². The number of hydrogen-bond donors (Lipinski definition) is 1. The van der Waals surface area contributed by atoms with Crippen molar-refractivity contribution in [1.82, 2.24) is 9.29 Å². The summed E-state index contributed by atoms with van der Waals surface area (Å²) >= 11 is 0. The lowest BCUT2D eigenvalue weighted by Crippen LogP contribution is -2.38. The van der Waals surface area contributed by atoms with E-state index in [1.807, 2.05) is 19.9 Å². The topological polar surface area (TPSA) is 53.2 Å². The van der Waals surface area contributed by atoms with Gasteiger partial charge >= 0.3 is 0 Å². The van der Waals surface area contributed by atoms with Gasteiger partial charge in [0.2, 0.25) is 10.0 Å². The summed E-state index contributed by atoms with van der Waals surface area (Å²) in [7, 11) is -3.41. The third kappa shape index (κ3) is 3.42. The molecule has 5 heteroatoms. The fourth-order valence-electron chi connectivity index (χ4n) is 3.93. The number of rotatable bonds is 3. The van der Waals surface area contributed by atoms with E-state index in [0.717, 1.165) is 29.5 Å². The number of nitrogens with zero attached hydrogens (tertiary/aromatic N) is 1. The Morgan fingerprint density at radius 3 is 2.37 bits per heavy atom. The SMILES string of the molecule is Cc1ccc2[nH]c(C3CCN(S(=O)(=O)c4ccc(C)c(C)c4)CC3)cc2c1. The van der Waals surface area contributed by atoms with Crippen molar-refractivity contribution in [2.45, 2.75) is 44.4 Å². The normalized spacial score (nSPS) is 16.9. The molecule has 0 saturated carbocycles. The minimum Gasteiger partial charge on any atom is -0.358 e. The molecule has 1 saturated heterocycles. The van der Waals surface area contributed by atoms with Gasteiger partial charge in [-0.1, -0.05) is 17.7 Å². The predicted molar refractivity (Wildman–Crippen MR) is 110 cm³/mol. The summed E-state index contributed by atoms with van der Waals surface area (Å²) in [5.74, 6) is 0.379. The van der Waals surface area contributed by atoms with E-state index in [4.69, 9.17) is 0 Å². The maximum absolute atomic E-state index is 13.0. The predicted octanol–water partition coefficient (Wildman–Crippen LogP) is 4.66. The molecule has 0 radical (unpaired) electrons. The number of aromatic nitrogens is 1. The maximum atomic E-state index is 13.0. The molecule has 1 aromatic heterocycles. The first kappa shape index (κ1) is 18.3. The largest absolute Gasteiger partial charge is 0.358 e. The van der Waals surface area contributed by atoms with E-state index < -0.39 is 10.0 Å². The third-order valence-corrected chi connectivity index (χ3v) is 7.70. The molecule has 0 spiro atoms. The quantitative estimate of drug-likeness (QED) is 0.716. The monoisotopic (exact) mass is 382 g/mol. The summed E-state index contributed by atoms with van der Waals surface area (Å²) in [5, 5.41) is 1.23. The van der Waals surface area contributed by atoms with Gasteiger partial charge < -0.3 is 4.98 Å². The van der Waals surface area contributed by atoms with Crippen molar-refractivity contribution in [3.8, 4) is 0 Å². The van der Waals surface area contributed by atoms with Crippen LogP contribution in [0.25, 0.3) is 10.9 Å². The second kappa shape index (κ2) is 6.80. The summed E-state index contributed by atoms with van der Waals surface area (Å²) in [5.41, 5.74) is 5.75. The van der Waals surface area contributed by atoms with Crippen molar-refractivity contribution in [3.05, 3.63) is 64.8 Å². The minimum absolute atomic E-state index is 0.379. The van der Waals surface area contributed by atoms with Gasteiger partial charge in [-0.3, -0.25) is 0 Å². The average Bonchev–Trinajstić information content (AvgIpc) is 3.07. The molecule has 1 N–H and O–H groups in total. The standard InChI is InChI=1S/C22H26N2O2S/c1-15-4-7-21-19(12-15)14-22(23-21)18-8-10-24(11-9-18)27(25,26)20-6-5-16(2)17(3)13-20/h4-7,12-14,18,23H,8-11H2,1-3H3. The molecule has 1 fully saturated rings. The highest BCUT2D eigenvalue weighted by molar-refractivity contribution is 7.89. The lowest BCUT2D eigenvalue weighted by Gasteiger charge is -2.31. The van der Waals surface area contributed by atoms with Crippen LogP contribution in [0.2, 0.25) is 0 Å². The zero-order valence-corrected chi connectivity index (χ0v) is 16.9. The first-order valence-corrected chi connectivity index (χ1v) is 11.0. The highest BCUT2D eigenvalue weighted by atomic mass is 32.2. The van der Waals surface area contributed by atoms with E-state index in [-0.39, 0.29) is 0 Å². The Bertz CT molecular complexity index is 1090. The summed E-state index contributed by atoms with van der Waals surface area (Å²) in [4.78, 5) is 3.93. The van der Waals surface area contributed by atoms with Crippen LogP contribution >= 0.6 is 0 Å². The Hall–Kier alpha value is -2.11. The maximum Gasteiger partial charge on any atom is 0.243 e. The number of aryl methyl sites for hydroxylation is 3. The first-order chi connectivity index (χ1) is 12.8. The fraction of sp³-hybridized carbons (Fsp3) is 0.364. The lowest BCUT2D eigenvalue weighted by molar-refractivity contribution is 0.317. The van der Waals surface area contributed by atoms with Crippen molar-refractivity contribution in [3.63, 3.8) is 0 Å². The molecule has 4 nitrogen and oxygen atoms in total. The van der Waals surface area contributed by atoms with Crippen LogP contribution in [-0.2, 0) is 10.0 Å².